The molecule has 0 aliphatic carbocycles. The second-order valence-electron chi connectivity index (χ2n) is 9.87. The monoisotopic (exact) mass is 532 g/mol. The Hall–Kier alpha value is -4.33. The lowest BCUT2D eigenvalue weighted by Gasteiger charge is -2.12. The van der Waals surface area contributed by atoms with Crippen molar-refractivity contribution >= 4 is 11.9 Å². The number of benzene rings is 3. The molecule has 0 bridgehead atoms. The highest BCUT2D eigenvalue weighted by Crippen LogP contribution is 2.27. The predicted molar refractivity (Wildman–Crippen MR) is 146 cm³/mol. The normalized spacial score (nSPS) is 11.3. The molecule has 0 saturated heterocycles. The Morgan fingerprint density at radius 2 is 1.51 bits per heavy atom. The number of imidazole rings is 1. The van der Waals surface area contributed by atoms with Gasteiger partial charge >= 0.3 is 11.7 Å². The first-order chi connectivity index (χ1) is 18.7. The molecule has 8 heteroatoms. The zero-order chi connectivity index (χ0) is 28.1. The lowest BCUT2D eigenvalue weighted by atomic mass is 9.98. The van der Waals surface area contributed by atoms with Crippen LogP contribution in [0.25, 0.3) is 11.1 Å². The Balaban J connectivity index is 1.74. The third-order valence-corrected chi connectivity index (χ3v) is 6.66. The van der Waals surface area contributed by atoms with Crippen LogP contribution in [-0.4, -0.2) is 26.1 Å². The van der Waals surface area contributed by atoms with Crippen molar-refractivity contribution in [2.45, 2.75) is 46.1 Å². The van der Waals surface area contributed by atoms with Gasteiger partial charge in [0.05, 0.1) is 18.5 Å². The van der Waals surface area contributed by atoms with Gasteiger partial charge in [-0.15, -0.1) is 0 Å². The van der Waals surface area contributed by atoms with E-state index in [1.54, 1.807) is 72.8 Å². The molecule has 0 amide bonds. The summed E-state index contributed by atoms with van der Waals surface area (Å²) in [4.78, 5) is 38.3. The summed E-state index contributed by atoms with van der Waals surface area (Å²) in [5.74, 6) is -1.54. The number of nitrogens with zero attached hydrogens (tertiary/aromatic N) is 2. The Bertz CT molecular complexity index is 1520. The fourth-order valence-corrected chi connectivity index (χ4v) is 4.67. The van der Waals surface area contributed by atoms with Gasteiger partial charge in [0.1, 0.15) is 5.69 Å². The zero-order valence-corrected chi connectivity index (χ0v) is 21.8. The van der Waals surface area contributed by atoms with E-state index >= 15 is 0 Å². The van der Waals surface area contributed by atoms with Crippen molar-refractivity contribution in [3.05, 3.63) is 117 Å². The number of aromatic carboxylic acids is 1. The molecule has 0 aliphatic rings. The molecule has 0 fully saturated rings. The van der Waals surface area contributed by atoms with E-state index in [0.717, 1.165) is 0 Å². The Morgan fingerprint density at radius 1 is 0.872 bits per heavy atom. The van der Waals surface area contributed by atoms with Crippen molar-refractivity contribution in [2.24, 2.45) is 5.92 Å². The first-order valence-corrected chi connectivity index (χ1v) is 12.8. The summed E-state index contributed by atoms with van der Waals surface area (Å²) in [6, 6.07) is 22.3. The number of carboxylic acid groups (broad SMARTS) is 1. The average molecular weight is 533 g/mol. The van der Waals surface area contributed by atoms with Crippen LogP contribution >= 0.6 is 0 Å². The van der Waals surface area contributed by atoms with Crippen LogP contribution in [0.15, 0.2) is 83.7 Å². The molecule has 0 unspecified atom stereocenters. The molecule has 4 rings (SSSR count). The molecule has 0 saturated carbocycles. The van der Waals surface area contributed by atoms with Crippen molar-refractivity contribution in [1.29, 1.82) is 0 Å². The molecule has 1 aromatic heterocycles. The minimum absolute atomic E-state index is 0.00153. The van der Waals surface area contributed by atoms with Gasteiger partial charge < -0.3 is 5.11 Å². The third-order valence-electron chi connectivity index (χ3n) is 6.66. The van der Waals surface area contributed by atoms with E-state index in [4.69, 9.17) is 0 Å². The van der Waals surface area contributed by atoms with Crippen LogP contribution in [0, 0.1) is 5.92 Å². The second-order valence-corrected chi connectivity index (χ2v) is 9.87. The number of hydrogen-bond acceptors (Lipinski definition) is 3. The van der Waals surface area contributed by atoms with Crippen LogP contribution in [-0.2, 0) is 19.4 Å². The summed E-state index contributed by atoms with van der Waals surface area (Å²) in [5, 5.41) is 9.51. The highest BCUT2D eigenvalue weighted by molar-refractivity contribution is 5.96. The number of rotatable bonds is 10. The molecular weight excluding hydrogens is 502 g/mol. The molecule has 1 N–H and O–H groups in total. The van der Waals surface area contributed by atoms with Gasteiger partial charge in [-0.05, 0) is 47.1 Å². The Morgan fingerprint density at radius 3 is 2.13 bits per heavy atom. The largest absolute Gasteiger partial charge is 0.478 e. The van der Waals surface area contributed by atoms with Crippen LogP contribution in [0.4, 0.5) is 8.78 Å². The molecule has 4 aromatic rings. The van der Waals surface area contributed by atoms with E-state index in [2.05, 4.69) is 0 Å². The van der Waals surface area contributed by atoms with E-state index in [9.17, 15) is 28.3 Å². The number of halogens is 2. The molecule has 202 valence electrons. The maximum Gasteiger partial charge on any atom is 0.336 e. The molecule has 0 aliphatic heterocycles. The van der Waals surface area contributed by atoms with E-state index in [1.807, 2.05) is 13.8 Å². The van der Waals surface area contributed by atoms with E-state index in [-0.39, 0.29) is 36.6 Å². The van der Waals surface area contributed by atoms with Crippen LogP contribution in [0.3, 0.4) is 0 Å². The molecular formula is C31H30F2N2O4. The van der Waals surface area contributed by atoms with Crippen LogP contribution in [0.1, 0.15) is 64.4 Å². The standard InChI is InChI=1S/C31H30F2N2O4/c1-20(2)12-17-26-28(29(32)33)35(27(36)18-21-8-4-3-5-9-21)31(39)34(26)19-22-13-15-23(16-14-22)24-10-6-7-11-25(24)30(37)38/h3-11,13-16,20,29H,12,17-19H2,1-2H3,(H,37,38). The summed E-state index contributed by atoms with van der Waals surface area (Å²) in [6.07, 6.45) is -2.38. The van der Waals surface area contributed by atoms with E-state index < -0.39 is 29.7 Å². The molecule has 0 radical (unpaired) electrons. The summed E-state index contributed by atoms with van der Waals surface area (Å²) in [6.45, 7) is 3.93. The van der Waals surface area contributed by atoms with Crippen LogP contribution in [0.5, 0.6) is 0 Å². The Labute approximate surface area is 225 Å². The lowest BCUT2D eigenvalue weighted by molar-refractivity contribution is 0.0697. The third kappa shape index (κ3) is 6.22. The molecule has 0 atom stereocenters. The summed E-state index contributed by atoms with van der Waals surface area (Å²) >= 11 is 0. The predicted octanol–water partition coefficient (Wildman–Crippen LogP) is 6.47. The van der Waals surface area contributed by atoms with Gasteiger partial charge in [0, 0.05) is 5.69 Å². The first kappa shape index (κ1) is 27.7. The van der Waals surface area contributed by atoms with E-state index in [0.29, 0.717) is 33.2 Å². The van der Waals surface area contributed by atoms with Crippen molar-refractivity contribution in [1.82, 2.24) is 9.13 Å². The minimum atomic E-state index is -3.00. The number of carboxylic acids is 1. The van der Waals surface area contributed by atoms with Gasteiger partial charge in [0.25, 0.3) is 6.43 Å². The van der Waals surface area contributed by atoms with Gasteiger partial charge in [0.15, 0.2) is 0 Å². The average Bonchev–Trinajstić information content (AvgIpc) is 3.19. The molecule has 3 aromatic carbocycles. The van der Waals surface area contributed by atoms with Crippen LogP contribution < -0.4 is 5.69 Å². The topological polar surface area (TPSA) is 81.3 Å². The SMILES string of the molecule is CC(C)CCc1c(C(F)F)n(C(=O)Cc2ccccc2)c(=O)n1Cc1ccc(-c2ccccc2C(=O)O)cc1. The fourth-order valence-electron chi connectivity index (χ4n) is 4.67. The Kier molecular flexibility index (Phi) is 8.54. The molecule has 39 heavy (non-hydrogen) atoms. The minimum Gasteiger partial charge on any atom is -0.478 e. The maximum atomic E-state index is 14.4. The second kappa shape index (κ2) is 12.0. The number of aromatic nitrogens is 2. The molecule has 1 heterocycles. The van der Waals surface area contributed by atoms with Crippen LogP contribution in [0.2, 0.25) is 0 Å². The number of hydrogen-bond donors (Lipinski definition) is 1. The smallest absolute Gasteiger partial charge is 0.336 e. The zero-order valence-electron chi connectivity index (χ0n) is 21.8. The number of carbonyl (C=O) groups is 2. The molecule has 6 nitrogen and oxygen atoms in total. The van der Waals surface area contributed by atoms with Crippen molar-refractivity contribution in [3.63, 3.8) is 0 Å². The maximum absolute atomic E-state index is 14.4. The van der Waals surface area contributed by atoms with Crippen molar-refractivity contribution < 1.29 is 23.5 Å². The van der Waals surface area contributed by atoms with Crippen molar-refractivity contribution in [2.75, 3.05) is 0 Å². The van der Waals surface area contributed by atoms with Gasteiger partial charge in [0.2, 0.25) is 5.91 Å². The lowest BCUT2D eigenvalue weighted by Crippen LogP contribution is -2.31. The quantitative estimate of drug-likeness (QED) is 0.254. The van der Waals surface area contributed by atoms with Gasteiger partial charge in [-0.2, -0.15) is 0 Å². The van der Waals surface area contributed by atoms with Crippen molar-refractivity contribution in [3.8, 4) is 11.1 Å². The van der Waals surface area contributed by atoms with Gasteiger partial charge in [-0.25, -0.2) is 22.9 Å². The summed E-state index contributed by atoms with van der Waals surface area (Å²) < 4.78 is 30.7. The van der Waals surface area contributed by atoms with Gasteiger partial charge in [-0.3, -0.25) is 9.36 Å². The molecule has 0 spiro atoms. The summed E-state index contributed by atoms with van der Waals surface area (Å²) in [7, 11) is 0. The fraction of sp³-hybridized carbons (Fsp3) is 0.258. The van der Waals surface area contributed by atoms with E-state index in [1.165, 1.54) is 10.6 Å². The first-order valence-electron chi connectivity index (χ1n) is 12.8. The van der Waals surface area contributed by atoms with Gasteiger partial charge in [-0.1, -0.05) is 86.6 Å². The highest BCUT2D eigenvalue weighted by Gasteiger charge is 2.29. The highest BCUT2D eigenvalue weighted by atomic mass is 19.3. The number of alkyl halides is 2. The summed E-state index contributed by atoms with van der Waals surface area (Å²) in [5.41, 5.74) is 1.49. The number of carbonyl (C=O) groups excluding carboxylic acids is 1.